The van der Waals surface area contributed by atoms with E-state index in [4.69, 9.17) is 24.2 Å². The van der Waals surface area contributed by atoms with Crippen LogP contribution in [0.25, 0.3) is 27.7 Å². The topological polar surface area (TPSA) is 140 Å². The van der Waals surface area contributed by atoms with Crippen LogP contribution in [0.15, 0.2) is 46.9 Å². The lowest BCUT2D eigenvalue weighted by atomic mass is 9.84. The summed E-state index contributed by atoms with van der Waals surface area (Å²) in [4.78, 5) is 53.3. The van der Waals surface area contributed by atoms with Gasteiger partial charge in [0, 0.05) is 79.3 Å². The second-order valence-electron chi connectivity index (χ2n) is 15.6. The number of nitrogens with one attached hydrogen (secondary N) is 2. The van der Waals surface area contributed by atoms with E-state index < -0.39 is 23.5 Å². The van der Waals surface area contributed by atoms with Crippen LogP contribution < -0.4 is 10.7 Å². The molecule has 2 aromatic heterocycles. The third kappa shape index (κ3) is 8.63. The summed E-state index contributed by atoms with van der Waals surface area (Å²) < 4.78 is 19.6. The van der Waals surface area contributed by atoms with Crippen LogP contribution in [-0.4, -0.2) is 108 Å². The van der Waals surface area contributed by atoms with Gasteiger partial charge < -0.3 is 29.0 Å². The van der Waals surface area contributed by atoms with Crippen molar-refractivity contribution in [2.45, 2.75) is 104 Å². The number of urea groups is 1. The summed E-state index contributed by atoms with van der Waals surface area (Å²) in [6.07, 6.45) is 6.94. The maximum absolute atomic E-state index is 14.3. The average Bonchev–Trinajstić information content (AvgIpc) is 3.94. The Balaban J connectivity index is 1.48. The molecule has 2 N–H and O–H groups in total. The predicted molar refractivity (Wildman–Crippen MR) is 220 cm³/mol. The van der Waals surface area contributed by atoms with E-state index in [1.54, 1.807) is 25.3 Å². The van der Waals surface area contributed by atoms with Crippen molar-refractivity contribution in [2.75, 3.05) is 40.5 Å². The van der Waals surface area contributed by atoms with Crippen molar-refractivity contribution in [1.82, 2.24) is 30.2 Å². The van der Waals surface area contributed by atoms with E-state index in [1.165, 1.54) is 16.3 Å². The fourth-order valence-corrected chi connectivity index (χ4v) is 9.03. The fourth-order valence-electron chi connectivity index (χ4n) is 8.18. The van der Waals surface area contributed by atoms with Crippen LogP contribution in [0.1, 0.15) is 76.6 Å². The molecule has 2 fully saturated rings. The number of likely N-dealkylation sites (tertiary alicyclic amines) is 1. The molecule has 6 rings (SSSR count). The summed E-state index contributed by atoms with van der Waals surface area (Å²) in [6.45, 7) is 16.7. The van der Waals surface area contributed by atoms with Gasteiger partial charge >= 0.3 is 12.0 Å². The predicted octanol–water partition coefficient (Wildman–Crippen LogP) is 6.16. The van der Waals surface area contributed by atoms with Gasteiger partial charge in [0.1, 0.15) is 12.1 Å². The SMILES string of the molecule is C=C/C(=C(\N=C/C)[C@H](C)OC)c1c2c3cc(ccc3n1CC)-c1csc(n1)C[C@H](NC(=O)N1CCC[C@@H]1COC)C(=O)N1CCC[C@H](N1)C(=O)OCC(C)(C)C2. The number of methoxy groups -OCH3 is 2. The molecule has 1 aromatic carbocycles. The van der Waals surface area contributed by atoms with Gasteiger partial charge in [-0.15, -0.1) is 11.3 Å². The second-order valence-corrected chi connectivity index (χ2v) is 16.6. The molecule has 2 saturated heterocycles. The van der Waals surface area contributed by atoms with E-state index in [0.29, 0.717) is 50.5 Å². The van der Waals surface area contributed by atoms with E-state index >= 15 is 0 Å². The molecule has 0 unspecified atom stereocenters. The minimum Gasteiger partial charge on any atom is -0.464 e. The van der Waals surface area contributed by atoms with Crippen LogP contribution in [0.3, 0.4) is 0 Å². The Kier molecular flexibility index (Phi) is 13.1. The van der Waals surface area contributed by atoms with Gasteiger partial charge in [0.05, 0.1) is 47.5 Å². The van der Waals surface area contributed by atoms with Gasteiger partial charge in [-0.25, -0.2) is 15.2 Å². The number of hydrogen-bond acceptors (Lipinski definition) is 10. The zero-order valence-corrected chi connectivity index (χ0v) is 34.7. The number of hydrazine groups is 1. The van der Waals surface area contributed by atoms with Crippen LogP contribution in [-0.2, 0) is 43.2 Å². The molecule has 56 heavy (non-hydrogen) atoms. The molecule has 0 saturated carbocycles. The molecule has 3 aliphatic rings. The van der Waals surface area contributed by atoms with Crippen molar-refractivity contribution >= 4 is 51.9 Å². The number of carbonyl (C=O) groups excluding carboxylic acids is 3. The third-order valence-corrected chi connectivity index (χ3v) is 11.9. The van der Waals surface area contributed by atoms with Crippen LogP contribution >= 0.6 is 11.3 Å². The first-order chi connectivity index (χ1) is 26.9. The van der Waals surface area contributed by atoms with Crippen LogP contribution in [0.2, 0.25) is 0 Å². The summed E-state index contributed by atoms with van der Waals surface area (Å²) in [5, 5.41) is 8.29. The van der Waals surface area contributed by atoms with E-state index in [-0.39, 0.29) is 37.1 Å². The van der Waals surface area contributed by atoms with Crippen molar-refractivity contribution in [3.8, 4) is 11.3 Å². The van der Waals surface area contributed by atoms with Gasteiger partial charge in [0.25, 0.3) is 5.91 Å². The number of aryl methyl sites for hydroxylation is 1. The summed E-state index contributed by atoms with van der Waals surface area (Å²) >= 11 is 1.46. The molecule has 6 bridgehead atoms. The van der Waals surface area contributed by atoms with Crippen molar-refractivity contribution in [2.24, 2.45) is 10.4 Å². The lowest BCUT2D eigenvalue weighted by molar-refractivity contribution is -0.155. The summed E-state index contributed by atoms with van der Waals surface area (Å²) in [5.74, 6) is -0.739. The van der Waals surface area contributed by atoms with Crippen LogP contribution in [0, 0.1) is 5.41 Å². The minimum absolute atomic E-state index is 0.0624. The van der Waals surface area contributed by atoms with Crippen molar-refractivity contribution < 1.29 is 28.6 Å². The summed E-state index contributed by atoms with van der Waals surface area (Å²) in [7, 11) is 3.30. The first-order valence-electron chi connectivity index (χ1n) is 19.7. The molecule has 4 atom stereocenters. The van der Waals surface area contributed by atoms with Crippen LogP contribution in [0.4, 0.5) is 4.79 Å². The molecule has 0 spiro atoms. The standard InChI is InChI=1S/C42H57N7O6S/c1-9-29(37(43-10-2)26(4)54-8)38-31-22-42(5,6)25-55-40(51)32-15-13-19-49(46-32)39(50)33(45-41(52)48-18-12-14-28(48)23-53-7)21-36-44-34(24-56-36)27-16-17-35(30(31)20-27)47(38)11-3/h9-10,16-17,20,24,26,28,32-33,46H,1,11-15,18-19,21-23,25H2,2-8H3,(H,45,52)/b37-29+,43-10-/t26-,28+,32-,33-/m0/s1. The Morgan fingerprint density at radius 1 is 1.23 bits per heavy atom. The molecule has 3 aliphatic heterocycles. The van der Waals surface area contributed by atoms with E-state index in [0.717, 1.165) is 57.5 Å². The molecule has 13 nitrogen and oxygen atoms in total. The number of rotatable bonds is 9. The third-order valence-electron chi connectivity index (χ3n) is 11.0. The number of hydrogen-bond donors (Lipinski definition) is 2. The van der Waals surface area contributed by atoms with Gasteiger partial charge in [0.15, 0.2) is 0 Å². The highest BCUT2D eigenvalue weighted by molar-refractivity contribution is 7.10. The molecule has 5 heterocycles. The molecule has 3 aromatic rings. The molecule has 14 heteroatoms. The lowest BCUT2D eigenvalue weighted by Gasteiger charge is -2.36. The number of ether oxygens (including phenoxy) is 3. The van der Waals surface area contributed by atoms with Gasteiger partial charge in [-0.1, -0.05) is 32.6 Å². The zero-order chi connectivity index (χ0) is 40.1. The number of allylic oxidation sites excluding steroid dienone is 2. The number of aromatic nitrogens is 2. The smallest absolute Gasteiger partial charge is 0.324 e. The second kappa shape index (κ2) is 17.8. The van der Waals surface area contributed by atoms with Crippen LogP contribution in [0.5, 0.6) is 0 Å². The highest BCUT2D eigenvalue weighted by Gasteiger charge is 2.37. The number of cyclic esters (lactones) is 1. The quantitative estimate of drug-likeness (QED) is 0.150. The van der Waals surface area contributed by atoms with Crippen molar-refractivity contribution in [1.29, 1.82) is 0 Å². The number of carbonyl (C=O) groups is 3. The van der Waals surface area contributed by atoms with Gasteiger partial charge in [0.2, 0.25) is 0 Å². The normalized spacial score (nSPS) is 22.9. The number of esters is 1. The van der Waals surface area contributed by atoms with Crippen molar-refractivity contribution in [3.05, 3.63) is 58.2 Å². The fraction of sp³-hybridized carbons (Fsp3) is 0.548. The molecule has 302 valence electrons. The molecule has 3 amide bonds. The van der Waals surface area contributed by atoms with Gasteiger partial charge in [-0.05, 0) is 70.6 Å². The lowest BCUT2D eigenvalue weighted by Crippen LogP contribution is -2.61. The van der Waals surface area contributed by atoms with E-state index in [9.17, 15) is 14.4 Å². The highest BCUT2D eigenvalue weighted by Crippen LogP contribution is 2.40. The Hall–Kier alpha value is -4.37. The molecular formula is C42H57N7O6S. The zero-order valence-electron chi connectivity index (χ0n) is 33.9. The van der Waals surface area contributed by atoms with Crippen molar-refractivity contribution in [3.63, 3.8) is 0 Å². The monoisotopic (exact) mass is 787 g/mol. The molecule has 0 radical (unpaired) electrons. The van der Waals surface area contributed by atoms with E-state index in [2.05, 4.69) is 60.9 Å². The largest absolute Gasteiger partial charge is 0.464 e. The van der Waals surface area contributed by atoms with E-state index in [1.807, 2.05) is 25.3 Å². The first kappa shape index (κ1) is 41.3. The summed E-state index contributed by atoms with van der Waals surface area (Å²) in [6, 6.07) is 4.39. The number of thiazole rings is 1. The van der Waals surface area contributed by atoms with Gasteiger partial charge in [-0.3, -0.25) is 19.6 Å². The molecule has 0 aliphatic carbocycles. The Morgan fingerprint density at radius 3 is 2.73 bits per heavy atom. The summed E-state index contributed by atoms with van der Waals surface area (Å²) in [5.41, 5.74) is 9.17. The Bertz CT molecular complexity index is 2000. The maximum atomic E-state index is 14.3. The Labute approximate surface area is 334 Å². The maximum Gasteiger partial charge on any atom is 0.324 e. The number of benzene rings is 1. The minimum atomic E-state index is -0.917. The number of fused-ring (bicyclic) bond motifs is 6. The Morgan fingerprint density at radius 2 is 2.02 bits per heavy atom. The van der Waals surface area contributed by atoms with Gasteiger partial charge in [-0.2, -0.15) is 0 Å². The average molecular weight is 788 g/mol. The highest BCUT2D eigenvalue weighted by atomic mass is 32.1. The first-order valence-corrected chi connectivity index (χ1v) is 20.6. The number of aliphatic imine (C=N–C) groups is 1. The number of amides is 3. The molecular weight excluding hydrogens is 731 g/mol. The number of nitrogens with zero attached hydrogens (tertiary/aromatic N) is 5.